The summed E-state index contributed by atoms with van der Waals surface area (Å²) in [4.78, 5) is 14.6. The number of nitrogens with one attached hydrogen (secondary N) is 1. The van der Waals surface area contributed by atoms with Gasteiger partial charge in [0, 0.05) is 19.1 Å². The lowest BCUT2D eigenvalue weighted by molar-refractivity contribution is 0.0730. The Kier molecular flexibility index (Phi) is 3.92. The summed E-state index contributed by atoms with van der Waals surface area (Å²) in [5.74, 6) is 0.701. The van der Waals surface area contributed by atoms with Crippen LogP contribution >= 0.6 is 0 Å². The van der Waals surface area contributed by atoms with Crippen molar-refractivity contribution in [1.82, 2.24) is 10.2 Å². The molecule has 20 heavy (non-hydrogen) atoms. The van der Waals surface area contributed by atoms with Gasteiger partial charge in [-0.1, -0.05) is 12.1 Å². The van der Waals surface area contributed by atoms with Gasteiger partial charge < -0.3 is 15.3 Å². The summed E-state index contributed by atoms with van der Waals surface area (Å²) in [5.41, 5.74) is 0.422. The Bertz CT molecular complexity index is 479. The number of carbonyl (C=O) groups excluding carboxylic acids is 1. The molecular formula is C16H22N2O2. The normalized spacial score (nSPS) is 21.9. The summed E-state index contributed by atoms with van der Waals surface area (Å²) in [6.45, 7) is 2.63. The lowest BCUT2D eigenvalue weighted by Gasteiger charge is -2.26. The largest absolute Gasteiger partial charge is 0.507 e. The summed E-state index contributed by atoms with van der Waals surface area (Å²) in [6, 6.07) is 7.24. The van der Waals surface area contributed by atoms with Crippen molar-refractivity contribution in [2.45, 2.75) is 31.7 Å². The molecule has 1 aliphatic heterocycles. The molecule has 1 atom stereocenters. The number of phenols is 1. The Morgan fingerprint density at radius 2 is 2.05 bits per heavy atom. The first-order valence-corrected chi connectivity index (χ1v) is 7.54. The van der Waals surface area contributed by atoms with Crippen LogP contribution in [-0.4, -0.2) is 41.6 Å². The van der Waals surface area contributed by atoms with E-state index in [9.17, 15) is 9.90 Å². The molecule has 0 bridgehead atoms. The van der Waals surface area contributed by atoms with Crippen molar-refractivity contribution in [3.05, 3.63) is 29.8 Å². The predicted molar refractivity (Wildman–Crippen MR) is 77.8 cm³/mol. The highest BCUT2D eigenvalue weighted by Gasteiger charge is 2.30. The number of rotatable bonds is 5. The number of amides is 1. The van der Waals surface area contributed by atoms with Crippen LogP contribution in [-0.2, 0) is 0 Å². The van der Waals surface area contributed by atoms with Gasteiger partial charge in [0.2, 0.25) is 0 Å². The van der Waals surface area contributed by atoms with Gasteiger partial charge in [-0.3, -0.25) is 4.79 Å². The van der Waals surface area contributed by atoms with Crippen LogP contribution in [0.3, 0.4) is 0 Å². The number of hydrogen-bond acceptors (Lipinski definition) is 3. The minimum Gasteiger partial charge on any atom is -0.507 e. The van der Waals surface area contributed by atoms with Crippen molar-refractivity contribution in [3.8, 4) is 5.75 Å². The molecule has 4 nitrogen and oxygen atoms in total. The molecule has 0 aromatic heterocycles. The first-order chi connectivity index (χ1) is 9.74. The average molecular weight is 274 g/mol. The van der Waals surface area contributed by atoms with Gasteiger partial charge >= 0.3 is 0 Å². The van der Waals surface area contributed by atoms with Crippen LogP contribution in [0.4, 0.5) is 0 Å². The standard InChI is InChI=1S/C16H22N2O2/c19-15-6-2-1-5-14(15)16(20)18(10-12-7-8-12)11-13-4-3-9-17-13/h1-2,5-6,12-13,17,19H,3-4,7-11H2. The molecule has 1 aliphatic carbocycles. The smallest absolute Gasteiger partial charge is 0.257 e. The van der Waals surface area contributed by atoms with Gasteiger partial charge in [-0.2, -0.15) is 0 Å². The molecular weight excluding hydrogens is 252 g/mol. The van der Waals surface area contributed by atoms with Crippen LogP contribution in [0, 0.1) is 5.92 Å². The number of para-hydroxylation sites is 1. The fraction of sp³-hybridized carbons (Fsp3) is 0.562. The molecule has 0 spiro atoms. The van der Waals surface area contributed by atoms with E-state index in [1.54, 1.807) is 24.3 Å². The molecule has 1 unspecified atom stereocenters. The van der Waals surface area contributed by atoms with E-state index in [2.05, 4.69) is 5.32 Å². The SMILES string of the molecule is O=C(c1ccccc1O)N(CC1CC1)CC1CCCN1. The Morgan fingerprint density at radius 1 is 1.25 bits per heavy atom. The molecule has 1 saturated heterocycles. The number of nitrogens with zero attached hydrogens (tertiary/aromatic N) is 1. The minimum absolute atomic E-state index is 0.0382. The zero-order chi connectivity index (χ0) is 13.9. The topological polar surface area (TPSA) is 52.6 Å². The molecule has 4 heteroatoms. The van der Waals surface area contributed by atoms with Gasteiger partial charge in [0.15, 0.2) is 0 Å². The third kappa shape index (κ3) is 3.12. The molecule has 1 saturated carbocycles. The van der Waals surface area contributed by atoms with E-state index in [4.69, 9.17) is 0 Å². The maximum Gasteiger partial charge on any atom is 0.257 e. The lowest BCUT2D eigenvalue weighted by Crippen LogP contribution is -2.42. The number of carbonyl (C=O) groups is 1. The second-order valence-corrected chi connectivity index (χ2v) is 5.96. The number of benzene rings is 1. The second kappa shape index (κ2) is 5.83. The van der Waals surface area contributed by atoms with Gasteiger partial charge in [-0.25, -0.2) is 0 Å². The van der Waals surface area contributed by atoms with Crippen molar-refractivity contribution in [2.24, 2.45) is 5.92 Å². The molecule has 1 amide bonds. The highest BCUT2D eigenvalue weighted by molar-refractivity contribution is 5.96. The van der Waals surface area contributed by atoms with Crippen LogP contribution < -0.4 is 5.32 Å². The summed E-state index contributed by atoms with van der Waals surface area (Å²) >= 11 is 0. The first kappa shape index (κ1) is 13.4. The fourth-order valence-corrected chi connectivity index (χ4v) is 2.86. The summed E-state index contributed by atoms with van der Waals surface area (Å²) in [6.07, 6.45) is 4.77. The molecule has 3 rings (SSSR count). The molecule has 1 aromatic rings. The number of phenolic OH excluding ortho intramolecular Hbond substituents is 1. The van der Waals surface area contributed by atoms with Crippen molar-refractivity contribution in [3.63, 3.8) is 0 Å². The van der Waals surface area contributed by atoms with Gasteiger partial charge in [0.25, 0.3) is 5.91 Å². The molecule has 1 heterocycles. The van der Waals surface area contributed by atoms with Crippen molar-refractivity contribution < 1.29 is 9.90 Å². The Morgan fingerprint density at radius 3 is 2.70 bits per heavy atom. The van der Waals surface area contributed by atoms with E-state index >= 15 is 0 Å². The van der Waals surface area contributed by atoms with Crippen LogP contribution in [0.5, 0.6) is 5.75 Å². The summed E-state index contributed by atoms with van der Waals surface area (Å²) in [7, 11) is 0. The van der Waals surface area contributed by atoms with Crippen molar-refractivity contribution in [2.75, 3.05) is 19.6 Å². The zero-order valence-corrected chi connectivity index (χ0v) is 11.7. The van der Waals surface area contributed by atoms with Gasteiger partial charge in [-0.05, 0) is 50.3 Å². The fourth-order valence-electron chi connectivity index (χ4n) is 2.86. The third-order valence-corrected chi connectivity index (χ3v) is 4.20. The average Bonchev–Trinajstić information content (AvgIpc) is 3.11. The van der Waals surface area contributed by atoms with E-state index < -0.39 is 0 Å². The molecule has 2 N–H and O–H groups in total. The molecule has 0 radical (unpaired) electrons. The van der Waals surface area contributed by atoms with Crippen LogP contribution in [0.1, 0.15) is 36.0 Å². The Balaban J connectivity index is 1.73. The van der Waals surface area contributed by atoms with Crippen molar-refractivity contribution >= 4 is 5.91 Å². The van der Waals surface area contributed by atoms with E-state index in [1.165, 1.54) is 19.3 Å². The molecule has 2 aliphatic rings. The predicted octanol–water partition coefficient (Wildman–Crippen LogP) is 2.00. The van der Waals surface area contributed by atoms with Crippen LogP contribution in [0.2, 0.25) is 0 Å². The van der Waals surface area contributed by atoms with E-state index in [-0.39, 0.29) is 11.7 Å². The molecule has 2 fully saturated rings. The van der Waals surface area contributed by atoms with Gasteiger partial charge in [0.1, 0.15) is 5.75 Å². The zero-order valence-electron chi connectivity index (χ0n) is 11.7. The Hall–Kier alpha value is -1.55. The molecule has 1 aromatic carbocycles. The third-order valence-electron chi connectivity index (χ3n) is 4.20. The summed E-state index contributed by atoms with van der Waals surface area (Å²) < 4.78 is 0. The van der Waals surface area contributed by atoms with Gasteiger partial charge in [-0.15, -0.1) is 0 Å². The highest BCUT2D eigenvalue weighted by atomic mass is 16.3. The monoisotopic (exact) mass is 274 g/mol. The quantitative estimate of drug-likeness (QED) is 0.863. The van der Waals surface area contributed by atoms with E-state index in [1.807, 2.05) is 4.90 Å². The molecule has 108 valence electrons. The second-order valence-electron chi connectivity index (χ2n) is 5.96. The highest BCUT2D eigenvalue weighted by Crippen LogP contribution is 2.31. The van der Waals surface area contributed by atoms with Crippen LogP contribution in [0.25, 0.3) is 0 Å². The number of hydrogen-bond donors (Lipinski definition) is 2. The maximum atomic E-state index is 12.7. The van der Waals surface area contributed by atoms with Crippen molar-refractivity contribution in [1.29, 1.82) is 0 Å². The van der Waals surface area contributed by atoms with Crippen LogP contribution in [0.15, 0.2) is 24.3 Å². The minimum atomic E-state index is -0.0382. The maximum absolute atomic E-state index is 12.7. The first-order valence-electron chi connectivity index (χ1n) is 7.54. The van der Waals surface area contributed by atoms with Gasteiger partial charge in [0.05, 0.1) is 5.56 Å². The lowest BCUT2D eigenvalue weighted by atomic mass is 10.1. The number of aromatic hydroxyl groups is 1. The van der Waals surface area contributed by atoms with E-state index in [0.717, 1.165) is 26.1 Å². The summed E-state index contributed by atoms with van der Waals surface area (Å²) in [5, 5.41) is 13.3. The Labute approximate surface area is 119 Å². The van der Waals surface area contributed by atoms with E-state index in [0.29, 0.717) is 17.5 Å².